The Hall–Kier alpha value is -2.76. The van der Waals surface area contributed by atoms with Crippen LogP contribution in [0.25, 0.3) is 0 Å². The van der Waals surface area contributed by atoms with E-state index in [1.165, 1.54) is 7.05 Å². The fourth-order valence-electron chi connectivity index (χ4n) is 2.33. The Bertz CT molecular complexity index is 742. The van der Waals surface area contributed by atoms with E-state index < -0.39 is 17.5 Å². The van der Waals surface area contributed by atoms with E-state index in [4.69, 9.17) is 0 Å². The Labute approximate surface area is 139 Å². The number of aryl methyl sites for hydroxylation is 1. The van der Waals surface area contributed by atoms with Crippen LogP contribution >= 0.6 is 0 Å². The maximum atomic E-state index is 13.2. The number of halogens is 2. The van der Waals surface area contributed by atoms with Crippen LogP contribution in [0, 0.1) is 11.6 Å². The summed E-state index contributed by atoms with van der Waals surface area (Å²) in [5, 5.41) is 2.74. The smallest absolute Gasteiger partial charge is 0.254 e. The average molecular weight is 332 g/mol. The van der Waals surface area contributed by atoms with Crippen molar-refractivity contribution in [3.05, 3.63) is 65.2 Å². The number of nitrogens with one attached hydrogen (secondary N) is 1. The van der Waals surface area contributed by atoms with E-state index in [0.29, 0.717) is 11.8 Å². The van der Waals surface area contributed by atoms with Crippen molar-refractivity contribution in [1.29, 1.82) is 0 Å². The largest absolute Gasteiger partial charge is 0.332 e. The van der Waals surface area contributed by atoms with Gasteiger partial charge in [-0.05, 0) is 30.2 Å². The Balaban J connectivity index is 2.04. The fraction of sp³-hybridized carbons (Fsp3) is 0.222. The minimum Gasteiger partial charge on any atom is -0.332 e. The predicted molar refractivity (Wildman–Crippen MR) is 87.8 cm³/mol. The van der Waals surface area contributed by atoms with Crippen LogP contribution in [-0.2, 0) is 11.2 Å². The van der Waals surface area contributed by atoms with E-state index in [0.717, 1.165) is 29.0 Å². The minimum absolute atomic E-state index is 0.142. The summed E-state index contributed by atoms with van der Waals surface area (Å²) in [5.41, 5.74) is 1.52. The number of anilines is 1. The predicted octanol–water partition coefficient (Wildman–Crippen LogP) is 3.24. The first-order valence-electron chi connectivity index (χ1n) is 7.50. The number of rotatable bonds is 5. The lowest BCUT2D eigenvalue weighted by atomic mass is 10.1. The van der Waals surface area contributed by atoms with E-state index in [-0.39, 0.29) is 18.0 Å². The molecule has 0 bridgehead atoms. The summed E-state index contributed by atoms with van der Waals surface area (Å²) in [6.45, 7) is 1.74. The molecule has 0 aliphatic rings. The molecule has 0 aliphatic carbocycles. The van der Waals surface area contributed by atoms with Crippen molar-refractivity contribution < 1.29 is 18.4 Å². The van der Waals surface area contributed by atoms with Gasteiger partial charge in [0.05, 0.1) is 6.54 Å². The van der Waals surface area contributed by atoms with Crippen molar-refractivity contribution in [2.75, 3.05) is 18.9 Å². The van der Waals surface area contributed by atoms with Crippen molar-refractivity contribution in [3.8, 4) is 0 Å². The van der Waals surface area contributed by atoms with E-state index in [1.807, 2.05) is 19.1 Å². The topological polar surface area (TPSA) is 49.4 Å². The van der Waals surface area contributed by atoms with Crippen molar-refractivity contribution in [3.63, 3.8) is 0 Å². The van der Waals surface area contributed by atoms with Crippen LogP contribution in [0.5, 0.6) is 0 Å². The van der Waals surface area contributed by atoms with E-state index >= 15 is 0 Å². The summed E-state index contributed by atoms with van der Waals surface area (Å²) < 4.78 is 26.4. The van der Waals surface area contributed by atoms with E-state index in [9.17, 15) is 18.4 Å². The summed E-state index contributed by atoms with van der Waals surface area (Å²) in [4.78, 5) is 25.4. The van der Waals surface area contributed by atoms with Crippen molar-refractivity contribution >= 4 is 17.5 Å². The monoisotopic (exact) mass is 332 g/mol. The molecule has 0 saturated carbocycles. The molecule has 2 aromatic rings. The molecule has 2 rings (SSSR count). The van der Waals surface area contributed by atoms with Crippen LogP contribution in [0.4, 0.5) is 14.5 Å². The third-order valence-corrected chi connectivity index (χ3v) is 3.51. The van der Waals surface area contributed by atoms with Crippen LogP contribution < -0.4 is 5.32 Å². The number of benzene rings is 2. The van der Waals surface area contributed by atoms with Crippen molar-refractivity contribution in [1.82, 2.24) is 4.90 Å². The zero-order chi connectivity index (χ0) is 17.7. The molecule has 126 valence electrons. The van der Waals surface area contributed by atoms with Gasteiger partial charge in [-0.1, -0.05) is 25.1 Å². The van der Waals surface area contributed by atoms with Gasteiger partial charge in [0.1, 0.15) is 11.6 Å². The molecule has 0 spiro atoms. The third kappa shape index (κ3) is 4.38. The van der Waals surface area contributed by atoms with Crippen LogP contribution in [0.2, 0.25) is 0 Å². The lowest BCUT2D eigenvalue weighted by Crippen LogP contribution is -2.35. The van der Waals surface area contributed by atoms with Gasteiger partial charge in [0.2, 0.25) is 5.91 Å². The van der Waals surface area contributed by atoms with E-state index in [2.05, 4.69) is 5.32 Å². The third-order valence-electron chi connectivity index (χ3n) is 3.51. The molecule has 0 fully saturated rings. The normalized spacial score (nSPS) is 10.3. The Morgan fingerprint density at radius 1 is 1.08 bits per heavy atom. The molecule has 2 aromatic carbocycles. The summed E-state index contributed by atoms with van der Waals surface area (Å²) in [6.07, 6.45) is 0.758. The molecular formula is C18H18F2N2O2. The molecule has 6 heteroatoms. The Kier molecular flexibility index (Phi) is 5.63. The standard InChI is InChI=1S/C18H18F2N2O2/c1-3-12-6-4-5-7-16(12)21-17(23)11-22(2)18(24)13-8-14(19)10-15(20)9-13/h4-10H,3,11H2,1-2H3,(H,21,23). The summed E-state index contributed by atoms with van der Waals surface area (Å²) in [5.74, 6) is -2.70. The zero-order valence-corrected chi connectivity index (χ0v) is 13.5. The SMILES string of the molecule is CCc1ccccc1NC(=O)CN(C)C(=O)c1cc(F)cc(F)c1. The second-order valence-electron chi connectivity index (χ2n) is 5.38. The first-order valence-corrected chi connectivity index (χ1v) is 7.50. The molecular weight excluding hydrogens is 314 g/mol. The van der Waals surface area contributed by atoms with Gasteiger partial charge in [0, 0.05) is 24.4 Å². The number of likely N-dealkylation sites (N-methyl/N-ethyl adjacent to an activating group) is 1. The summed E-state index contributed by atoms with van der Waals surface area (Å²) >= 11 is 0. The molecule has 0 saturated heterocycles. The van der Waals surface area contributed by atoms with Crippen LogP contribution in [0.3, 0.4) is 0 Å². The van der Waals surface area contributed by atoms with Gasteiger partial charge in [0.25, 0.3) is 5.91 Å². The first kappa shape index (κ1) is 17.6. The molecule has 0 unspecified atom stereocenters. The minimum atomic E-state index is -0.840. The molecule has 0 aromatic heterocycles. The summed E-state index contributed by atoms with van der Waals surface area (Å²) in [6, 6.07) is 9.92. The molecule has 0 heterocycles. The van der Waals surface area contributed by atoms with Gasteiger partial charge in [-0.2, -0.15) is 0 Å². The van der Waals surface area contributed by atoms with Crippen LogP contribution in [0.15, 0.2) is 42.5 Å². The van der Waals surface area contributed by atoms with Gasteiger partial charge in [-0.25, -0.2) is 8.78 Å². The Morgan fingerprint density at radius 3 is 2.33 bits per heavy atom. The molecule has 2 amide bonds. The van der Waals surface area contributed by atoms with Crippen LogP contribution in [-0.4, -0.2) is 30.3 Å². The number of carbonyl (C=O) groups excluding carboxylic acids is 2. The van der Waals surface area contributed by atoms with Gasteiger partial charge in [-0.3, -0.25) is 9.59 Å². The molecule has 0 radical (unpaired) electrons. The van der Waals surface area contributed by atoms with E-state index in [1.54, 1.807) is 12.1 Å². The quantitative estimate of drug-likeness (QED) is 0.914. The zero-order valence-electron chi connectivity index (χ0n) is 13.5. The highest BCUT2D eigenvalue weighted by atomic mass is 19.1. The second-order valence-corrected chi connectivity index (χ2v) is 5.38. The lowest BCUT2D eigenvalue weighted by molar-refractivity contribution is -0.116. The number of hydrogen-bond donors (Lipinski definition) is 1. The number of carbonyl (C=O) groups is 2. The first-order chi connectivity index (χ1) is 11.4. The second kappa shape index (κ2) is 7.68. The molecule has 0 atom stereocenters. The van der Waals surface area contributed by atoms with Gasteiger partial charge in [-0.15, -0.1) is 0 Å². The molecule has 0 aliphatic heterocycles. The highest BCUT2D eigenvalue weighted by molar-refractivity contribution is 5.99. The lowest BCUT2D eigenvalue weighted by Gasteiger charge is -2.17. The number of hydrogen-bond acceptors (Lipinski definition) is 2. The molecule has 1 N–H and O–H groups in total. The van der Waals surface area contributed by atoms with Crippen molar-refractivity contribution in [2.24, 2.45) is 0 Å². The van der Waals surface area contributed by atoms with Gasteiger partial charge in [0.15, 0.2) is 0 Å². The maximum Gasteiger partial charge on any atom is 0.254 e. The number of nitrogens with zero attached hydrogens (tertiary/aromatic N) is 1. The highest BCUT2D eigenvalue weighted by Gasteiger charge is 2.17. The molecule has 4 nitrogen and oxygen atoms in total. The van der Waals surface area contributed by atoms with Crippen molar-refractivity contribution in [2.45, 2.75) is 13.3 Å². The fourth-order valence-corrected chi connectivity index (χ4v) is 2.33. The number of para-hydroxylation sites is 1. The average Bonchev–Trinajstić information content (AvgIpc) is 2.53. The van der Waals surface area contributed by atoms with Gasteiger partial charge < -0.3 is 10.2 Å². The summed E-state index contributed by atoms with van der Waals surface area (Å²) in [7, 11) is 1.40. The highest BCUT2D eigenvalue weighted by Crippen LogP contribution is 2.15. The number of amides is 2. The Morgan fingerprint density at radius 2 is 1.71 bits per heavy atom. The van der Waals surface area contributed by atoms with Gasteiger partial charge >= 0.3 is 0 Å². The molecule has 24 heavy (non-hydrogen) atoms. The van der Waals surface area contributed by atoms with Crippen LogP contribution in [0.1, 0.15) is 22.8 Å². The maximum absolute atomic E-state index is 13.2.